The molecule has 1 fully saturated rings. The van der Waals surface area contributed by atoms with Crippen LogP contribution in [0.2, 0.25) is 0 Å². The molecule has 27 heavy (non-hydrogen) atoms. The largest absolute Gasteiger partial charge is 0.493 e. The zero-order chi connectivity index (χ0) is 19.4. The number of rotatable bonds is 5. The van der Waals surface area contributed by atoms with Gasteiger partial charge in [-0.1, -0.05) is 0 Å². The third kappa shape index (κ3) is 4.51. The van der Waals surface area contributed by atoms with Crippen LogP contribution in [0.25, 0.3) is 0 Å². The van der Waals surface area contributed by atoms with Crippen molar-refractivity contribution in [1.82, 2.24) is 19.6 Å². The van der Waals surface area contributed by atoms with Gasteiger partial charge in [0.05, 0.1) is 20.4 Å². The van der Waals surface area contributed by atoms with E-state index < -0.39 is 0 Å². The first-order valence-electron chi connectivity index (χ1n) is 8.99. The lowest BCUT2D eigenvalue weighted by Crippen LogP contribution is -2.49. The van der Waals surface area contributed by atoms with Crippen LogP contribution < -0.4 is 14.8 Å². The maximum atomic E-state index is 5.60. The van der Waals surface area contributed by atoms with E-state index in [1.54, 1.807) is 14.2 Å². The van der Waals surface area contributed by atoms with Crippen LogP contribution in [0, 0.1) is 6.92 Å². The number of aromatic nitrogens is 2. The highest BCUT2D eigenvalue weighted by atomic mass is 32.1. The van der Waals surface area contributed by atoms with Crippen molar-refractivity contribution >= 4 is 23.0 Å². The third-order valence-corrected chi connectivity index (χ3v) is 5.39. The number of methoxy groups -OCH3 is 2. The summed E-state index contributed by atoms with van der Waals surface area (Å²) < 4.78 is 12.6. The summed E-state index contributed by atoms with van der Waals surface area (Å²) in [7, 11) is 5.24. The molecule has 8 heteroatoms. The Hall–Kier alpha value is -2.32. The van der Waals surface area contributed by atoms with Crippen LogP contribution in [0.15, 0.2) is 24.4 Å². The van der Waals surface area contributed by atoms with Crippen LogP contribution >= 0.6 is 12.2 Å². The second kappa shape index (κ2) is 8.58. The second-order valence-electron chi connectivity index (χ2n) is 6.64. The SMILES string of the molecule is COc1ccc(NC(=S)N2CCN(Cc3cnn(C)c3C)CC2)cc1OC. The van der Waals surface area contributed by atoms with Crippen molar-refractivity contribution in [3.63, 3.8) is 0 Å². The molecule has 0 aliphatic carbocycles. The van der Waals surface area contributed by atoms with Crippen molar-refractivity contribution in [2.45, 2.75) is 13.5 Å². The van der Waals surface area contributed by atoms with E-state index in [0.29, 0.717) is 11.5 Å². The standard InChI is InChI=1S/C19H27N5O2S/c1-14-15(12-20-22(14)2)13-23-7-9-24(10-8-23)19(27)21-16-5-6-17(25-3)18(11-16)26-4/h5-6,11-12H,7-10,13H2,1-4H3,(H,21,27). The molecule has 0 saturated carbocycles. The first kappa shape index (κ1) is 19.4. The van der Waals surface area contributed by atoms with Gasteiger partial charge in [-0.2, -0.15) is 5.10 Å². The van der Waals surface area contributed by atoms with Gasteiger partial charge in [0.2, 0.25) is 0 Å². The van der Waals surface area contributed by atoms with Crippen molar-refractivity contribution in [3.05, 3.63) is 35.7 Å². The molecule has 1 aliphatic heterocycles. The fourth-order valence-corrected chi connectivity index (χ4v) is 3.47. The Kier molecular flexibility index (Phi) is 6.18. The Morgan fingerprint density at radius 2 is 1.85 bits per heavy atom. The van der Waals surface area contributed by atoms with E-state index in [1.807, 2.05) is 36.1 Å². The van der Waals surface area contributed by atoms with E-state index in [4.69, 9.17) is 21.7 Å². The Morgan fingerprint density at radius 3 is 2.44 bits per heavy atom. The van der Waals surface area contributed by atoms with Gasteiger partial charge in [0, 0.05) is 62.8 Å². The smallest absolute Gasteiger partial charge is 0.173 e. The molecule has 7 nitrogen and oxygen atoms in total. The Balaban J connectivity index is 1.53. The van der Waals surface area contributed by atoms with Crippen LogP contribution in [0.5, 0.6) is 11.5 Å². The van der Waals surface area contributed by atoms with E-state index in [1.165, 1.54) is 11.3 Å². The summed E-state index contributed by atoms with van der Waals surface area (Å²) in [4.78, 5) is 4.65. The second-order valence-corrected chi connectivity index (χ2v) is 7.03. The molecule has 146 valence electrons. The number of ether oxygens (including phenoxy) is 2. The Labute approximate surface area is 165 Å². The molecule has 1 saturated heterocycles. The Bertz CT molecular complexity index is 799. The predicted molar refractivity (Wildman–Crippen MR) is 111 cm³/mol. The van der Waals surface area contributed by atoms with E-state index >= 15 is 0 Å². The molecule has 2 aromatic rings. The molecule has 1 aromatic heterocycles. The van der Waals surface area contributed by atoms with Crippen LogP contribution in [-0.4, -0.2) is 65.1 Å². The normalized spacial score (nSPS) is 14.9. The first-order valence-corrected chi connectivity index (χ1v) is 9.40. The average molecular weight is 390 g/mol. The van der Waals surface area contributed by atoms with Gasteiger partial charge < -0.3 is 19.7 Å². The number of thiocarbonyl (C=S) groups is 1. The Morgan fingerprint density at radius 1 is 1.15 bits per heavy atom. The molecule has 2 heterocycles. The maximum absolute atomic E-state index is 5.60. The van der Waals surface area contributed by atoms with E-state index in [2.05, 4.69) is 27.1 Å². The van der Waals surface area contributed by atoms with E-state index in [-0.39, 0.29) is 0 Å². The van der Waals surface area contributed by atoms with Gasteiger partial charge in [-0.3, -0.25) is 9.58 Å². The van der Waals surface area contributed by atoms with Gasteiger partial charge in [-0.25, -0.2) is 0 Å². The zero-order valence-electron chi connectivity index (χ0n) is 16.4. The van der Waals surface area contributed by atoms with Crippen molar-refractivity contribution in [2.75, 3.05) is 45.7 Å². The molecule has 1 aliphatic rings. The maximum Gasteiger partial charge on any atom is 0.173 e. The van der Waals surface area contributed by atoms with Gasteiger partial charge in [-0.05, 0) is 31.3 Å². The molecule has 1 N–H and O–H groups in total. The number of anilines is 1. The molecule has 3 rings (SSSR count). The number of piperazine rings is 1. The summed E-state index contributed by atoms with van der Waals surface area (Å²) in [6, 6.07) is 5.71. The number of nitrogens with zero attached hydrogens (tertiary/aromatic N) is 4. The van der Waals surface area contributed by atoms with Crippen LogP contribution in [0.4, 0.5) is 5.69 Å². The predicted octanol–water partition coefficient (Wildman–Crippen LogP) is 2.26. The third-order valence-electron chi connectivity index (χ3n) is 5.03. The topological polar surface area (TPSA) is 54.8 Å². The summed E-state index contributed by atoms with van der Waals surface area (Å²) in [5.41, 5.74) is 3.41. The lowest BCUT2D eigenvalue weighted by Gasteiger charge is -2.36. The summed E-state index contributed by atoms with van der Waals surface area (Å²) >= 11 is 5.60. The minimum atomic E-state index is 0.682. The van der Waals surface area contributed by atoms with Crippen LogP contribution in [0.1, 0.15) is 11.3 Å². The monoisotopic (exact) mass is 389 g/mol. The zero-order valence-corrected chi connectivity index (χ0v) is 17.2. The first-order chi connectivity index (χ1) is 13.0. The number of aryl methyl sites for hydroxylation is 1. The molecule has 0 atom stereocenters. The molecule has 0 bridgehead atoms. The van der Waals surface area contributed by atoms with Gasteiger partial charge in [0.15, 0.2) is 16.6 Å². The summed E-state index contributed by atoms with van der Waals surface area (Å²) in [6.07, 6.45) is 1.96. The molecule has 0 amide bonds. The quantitative estimate of drug-likeness (QED) is 0.787. The van der Waals surface area contributed by atoms with Crippen LogP contribution in [0.3, 0.4) is 0 Å². The van der Waals surface area contributed by atoms with Crippen LogP contribution in [-0.2, 0) is 13.6 Å². The number of hydrogen-bond acceptors (Lipinski definition) is 5. The fraction of sp³-hybridized carbons (Fsp3) is 0.474. The highest BCUT2D eigenvalue weighted by Gasteiger charge is 2.20. The minimum Gasteiger partial charge on any atom is -0.493 e. The van der Waals surface area contributed by atoms with Crippen molar-refractivity contribution in [2.24, 2.45) is 7.05 Å². The summed E-state index contributed by atoms with van der Waals surface area (Å²) in [5, 5.41) is 8.37. The van der Waals surface area contributed by atoms with Crippen molar-refractivity contribution in [1.29, 1.82) is 0 Å². The van der Waals surface area contributed by atoms with Gasteiger partial charge in [0.1, 0.15) is 0 Å². The minimum absolute atomic E-state index is 0.682. The molecule has 0 radical (unpaired) electrons. The number of nitrogens with one attached hydrogen (secondary N) is 1. The van der Waals surface area contributed by atoms with Gasteiger partial charge in [0.25, 0.3) is 0 Å². The summed E-state index contributed by atoms with van der Waals surface area (Å²) in [6.45, 7) is 6.80. The number of benzene rings is 1. The molecule has 0 spiro atoms. The summed E-state index contributed by atoms with van der Waals surface area (Å²) in [5.74, 6) is 1.38. The average Bonchev–Trinajstić information content (AvgIpc) is 3.00. The fourth-order valence-electron chi connectivity index (χ4n) is 3.17. The number of hydrogen-bond donors (Lipinski definition) is 1. The lowest BCUT2D eigenvalue weighted by atomic mass is 10.2. The molecule has 0 unspecified atom stereocenters. The van der Waals surface area contributed by atoms with E-state index in [0.717, 1.165) is 43.5 Å². The molecular weight excluding hydrogens is 362 g/mol. The molecular formula is C19H27N5O2S. The van der Waals surface area contributed by atoms with Gasteiger partial charge in [-0.15, -0.1) is 0 Å². The highest BCUT2D eigenvalue weighted by Crippen LogP contribution is 2.29. The van der Waals surface area contributed by atoms with Gasteiger partial charge >= 0.3 is 0 Å². The van der Waals surface area contributed by atoms with Crippen molar-refractivity contribution in [3.8, 4) is 11.5 Å². The van der Waals surface area contributed by atoms with Crippen molar-refractivity contribution < 1.29 is 9.47 Å². The lowest BCUT2D eigenvalue weighted by molar-refractivity contribution is 0.176. The van der Waals surface area contributed by atoms with E-state index in [9.17, 15) is 0 Å². The molecule has 1 aromatic carbocycles. The highest BCUT2D eigenvalue weighted by molar-refractivity contribution is 7.80.